The minimum absolute atomic E-state index is 0.128. The van der Waals surface area contributed by atoms with Crippen LogP contribution in [0, 0.1) is 23.7 Å². The fourth-order valence-electron chi connectivity index (χ4n) is 5.60. The van der Waals surface area contributed by atoms with Gasteiger partial charge >= 0.3 is 0 Å². The maximum Gasteiger partial charge on any atom is 0.201 e. The van der Waals surface area contributed by atoms with Crippen molar-refractivity contribution in [2.24, 2.45) is 23.7 Å². The standard InChI is InChI=1S/C18H30O5/c1-11-6-7-14-12(2)15(5-4-10-19)20-16-18(14)13(11)8-9-17(3,21-16)22-23-18/h11-16,19H,4-10H2,1-3H3/t11-,12-,13+,14+,15?,16-,17+,18-/m1/s1. The first-order valence-corrected chi connectivity index (χ1v) is 9.31. The van der Waals surface area contributed by atoms with E-state index in [0.717, 1.165) is 32.1 Å². The van der Waals surface area contributed by atoms with Crippen molar-refractivity contribution < 1.29 is 24.4 Å². The van der Waals surface area contributed by atoms with Gasteiger partial charge in [0.25, 0.3) is 0 Å². The Bertz CT molecular complexity index is 457. The van der Waals surface area contributed by atoms with E-state index in [1.165, 1.54) is 6.42 Å². The van der Waals surface area contributed by atoms with Crippen LogP contribution in [0.25, 0.3) is 0 Å². The number of aliphatic hydroxyl groups excluding tert-OH is 1. The van der Waals surface area contributed by atoms with E-state index >= 15 is 0 Å². The second-order valence-electron chi connectivity index (χ2n) is 8.31. The second-order valence-corrected chi connectivity index (χ2v) is 8.31. The molecule has 1 N–H and O–H groups in total. The molecule has 0 radical (unpaired) electrons. The van der Waals surface area contributed by atoms with Crippen molar-refractivity contribution in [1.82, 2.24) is 0 Å². The summed E-state index contributed by atoms with van der Waals surface area (Å²) in [5.74, 6) is 1.12. The molecule has 0 amide bonds. The highest BCUT2D eigenvalue weighted by Crippen LogP contribution is 2.60. The van der Waals surface area contributed by atoms with Gasteiger partial charge in [-0.05, 0) is 56.8 Å². The van der Waals surface area contributed by atoms with E-state index in [0.29, 0.717) is 23.7 Å². The highest BCUT2D eigenvalue weighted by Gasteiger charge is 2.69. The lowest BCUT2D eigenvalue weighted by molar-refractivity contribution is -0.571. The van der Waals surface area contributed by atoms with Crippen molar-refractivity contribution >= 4 is 0 Å². The minimum Gasteiger partial charge on any atom is -0.396 e. The molecule has 1 unspecified atom stereocenters. The van der Waals surface area contributed by atoms with E-state index in [-0.39, 0.29) is 19.0 Å². The fraction of sp³-hybridized carbons (Fsp3) is 1.00. The van der Waals surface area contributed by atoms with Gasteiger partial charge in [0.05, 0.1) is 6.10 Å². The molecule has 4 saturated heterocycles. The molecule has 132 valence electrons. The molecule has 1 spiro atoms. The third-order valence-electron chi connectivity index (χ3n) is 6.94. The SMILES string of the molecule is C[C@@H]1CC[C@H]2[C@@H](C)C(CCCO)O[C@@H]3O[C@]4(C)CC[C@@H]1[C@]32OO4. The summed E-state index contributed by atoms with van der Waals surface area (Å²) in [6.07, 6.45) is 5.73. The molecule has 0 aromatic carbocycles. The molecule has 0 aromatic rings. The van der Waals surface area contributed by atoms with Crippen LogP contribution < -0.4 is 0 Å². The van der Waals surface area contributed by atoms with Crippen LogP contribution in [0.15, 0.2) is 0 Å². The van der Waals surface area contributed by atoms with Gasteiger partial charge in [-0.2, -0.15) is 0 Å². The summed E-state index contributed by atoms with van der Waals surface area (Å²) in [7, 11) is 0. The van der Waals surface area contributed by atoms with Gasteiger partial charge in [0.2, 0.25) is 5.79 Å². The number of hydrogen-bond acceptors (Lipinski definition) is 5. The molecule has 23 heavy (non-hydrogen) atoms. The summed E-state index contributed by atoms with van der Waals surface area (Å²) >= 11 is 0. The summed E-state index contributed by atoms with van der Waals surface area (Å²) < 4.78 is 12.7. The van der Waals surface area contributed by atoms with E-state index in [4.69, 9.17) is 19.2 Å². The summed E-state index contributed by atoms with van der Waals surface area (Å²) in [6, 6.07) is 0. The van der Waals surface area contributed by atoms with Crippen LogP contribution in [0.1, 0.15) is 59.3 Å². The van der Waals surface area contributed by atoms with Crippen LogP contribution >= 0.6 is 0 Å². The highest BCUT2D eigenvalue weighted by molar-refractivity contribution is 5.09. The Labute approximate surface area is 138 Å². The molecule has 5 fully saturated rings. The normalized spacial score (nSPS) is 55.3. The zero-order valence-electron chi connectivity index (χ0n) is 14.5. The lowest BCUT2D eigenvalue weighted by Crippen LogP contribution is -2.70. The predicted molar refractivity (Wildman–Crippen MR) is 83.1 cm³/mol. The molecule has 1 saturated carbocycles. The van der Waals surface area contributed by atoms with Gasteiger partial charge in [-0.1, -0.05) is 13.8 Å². The molecule has 8 atom stereocenters. The predicted octanol–water partition coefficient (Wildman–Crippen LogP) is 3.01. The fourth-order valence-corrected chi connectivity index (χ4v) is 5.60. The zero-order valence-corrected chi connectivity index (χ0v) is 14.5. The van der Waals surface area contributed by atoms with Gasteiger partial charge in [0.15, 0.2) is 11.9 Å². The Kier molecular flexibility index (Phi) is 4.01. The van der Waals surface area contributed by atoms with Crippen LogP contribution in [0.5, 0.6) is 0 Å². The van der Waals surface area contributed by atoms with Gasteiger partial charge in [-0.15, -0.1) is 0 Å². The Balaban J connectivity index is 1.70. The zero-order chi connectivity index (χ0) is 16.2. The first-order chi connectivity index (χ1) is 11.0. The summed E-state index contributed by atoms with van der Waals surface area (Å²) in [6.45, 7) is 6.78. The lowest BCUT2D eigenvalue weighted by Gasteiger charge is -2.60. The average Bonchev–Trinajstić information content (AvgIpc) is 2.76. The maximum absolute atomic E-state index is 9.19. The first kappa shape index (κ1) is 16.3. The Morgan fingerprint density at radius 3 is 2.70 bits per heavy atom. The number of rotatable bonds is 3. The van der Waals surface area contributed by atoms with Gasteiger partial charge in [-0.25, -0.2) is 9.78 Å². The van der Waals surface area contributed by atoms with Crippen LogP contribution in [0.2, 0.25) is 0 Å². The van der Waals surface area contributed by atoms with E-state index in [2.05, 4.69) is 13.8 Å². The molecule has 1 aliphatic carbocycles. The first-order valence-electron chi connectivity index (χ1n) is 9.31. The van der Waals surface area contributed by atoms with Gasteiger partial charge in [-0.3, -0.25) is 0 Å². The highest BCUT2D eigenvalue weighted by atomic mass is 17.3. The molecule has 5 aliphatic rings. The second kappa shape index (κ2) is 5.67. The topological polar surface area (TPSA) is 57.2 Å². The van der Waals surface area contributed by atoms with Crippen molar-refractivity contribution in [2.45, 2.75) is 83.1 Å². The number of fused-ring (bicyclic) bond motifs is 2. The summed E-state index contributed by atoms with van der Waals surface area (Å²) in [5.41, 5.74) is -0.456. The molecular formula is C18H30O5. The summed E-state index contributed by atoms with van der Waals surface area (Å²) in [4.78, 5) is 11.9. The molecule has 4 heterocycles. The van der Waals surface area contributed by atoms with Gasteiger partial charge in [0, 0.05) is 18.9 Å². The van der Waals surface area contributed by atoms with Crippen molar-refractivity contribution in [1.29, 1.82) is 0 Å². The Hall–Kier alpha value is -0.200. The smallest absolute Gasteiger partial charge is 0.201 e. The van der Waals surface area contributed by atoms with Crippen LogP contribution in [-0.4, -0.2) is 35.5 Å². The maximum atomic E-state index is 9.19. The molecule has 2 bridgehead atoms. The van der Waals surface area contributed by atoms with Crippen LogP contribution in [-0.2, 0) is 19.2 Å². The average molecular weight is 326 g/mol. The molecule has 5 heteroatoms. The van der Waals surface area contributed by atoms with Crippen molar-refractivity contribution in [3.8, 4) is 0 Å². The number of hydrogen-bond donors (Lipinski definition) is 1. The quantitative estimate of drug-likeness (QED) is 0.808. The van der Waals surface area contributed by atoms with Crippen molar-refractivity contribution in [3.63, 3.8) is 0 Å². The van der Waals surface area contributed by atoms with E-state index in [9.17, 15) is 5.11 Å². The molecule has 5 nitrogen and oxygen atoms in total. The minimum atomic E-state index is -0.695. The molecule has 5 rings (SSSR count). The third kappa shape index (κ3) is 2.31. The molecule has 4 aliphatic heterocycles. The molecular weight excluding hydrogens is 296 g/mol. The monoisotopic (exact) mass is 326 g/mol. The number of aliphatic hydroxyl groups is 1. The third-order valence-corrected chi connectivity index (χ3v) is 6.94. The molecule has 0 aromatic heterocycles. The number of ether oxygens (including phenoxy) is 2. The van der Waals surface area contributed by atoms with Crippen molar-refractivity contribution in [3.05, 3.63) is 0 Å². The lowest BCUT2D eigenvalue weighted by atomic mass is 9.57. The summed E-state index contributed by atoms with van der Waals surface area (Å²) in [5, 5.41) is 9.19. The van der Waals surface area contributed by atoms with E-state index in [1.807, 2.05) is 6.92 Å². The van der Waals surface area contributed by atoms with E-state index in [1.54, 1.807) is 0 Å². The van der Waals surface area contributed by atoms with Gasteiger partial charge < -0.3 is 14.6 Å². The largest absolute Gasteiger partial charge is 0.396 e. The Morgan fingerprint density at radius 2 is 1.91 bits per heavy atom. The van der Waals surface area contributed by atoms with Crippen LogP contribution in [0.4, 0.5) is 0 Å². The Morgan fingerprint density at radius 1 is 1.09 bits per heavy atom. The van der Waals surface area contributed by atoms with E-state index < -0.39 is 11.4 Å². The van der Waals surface area contributed by atoms with Crippen molar-refractivity contribution in [2.75, 3.05) is 6.61 Å². The van der Waals surface area contributed by atoms with Crippen LogP contribution in [0.3, 0.4) is 0 Å². The van der Waals surface area contributed by atoms with Gasteiger partial charge in [0.1, 0.15) is 0 Å².